The molecular weight excluding hydrogens is 152 g/mol. The van der Waals surface area contributed by atoms with E-state index in [1.807, 2.05) is 18.9 Å². The Bertz CT molecular complexity index is 214. The normalized spacial score (nSPS) is 8.92. The number of carbonyl (C=O) groups excluding carboxylic acids is 1. The van der Waals surface area contributed by atoms with Crippen LogP contribution >= 0.6 is 0 Å². The molecule has 0 aliphatic rings. The molecule has 0 amide bonds. The molecule has 1 aromatic rings. The summed E-state index contributed by atoms with van der Waals surface area (Å²) in [4.78, 5) is 8.00. The molecule has 0 fully saturated rings. The molecule has 0 aliphatic carbocycles. The Morgan fingerprint density at radius 3 is 1.92 bits per heavy atom. The molecule has 1 rings (SSSR count). The zero-order valence-electron chi connectivity index (χ0n) is 7.45. The van der Waals surface area contributed by atoms with Crippen LogP contribution < -0.4 is 0 Å². The number of aromatic hydroxyl groups is 1. The quantitative estimate of drug-likeness (QED) is 0.695. The van der Waals surface area contributed by atoms with Gasteiger partial charge >= 0.3 is 0 Å². The highest BCUT2D eigenvalue weighted by atomic mass is 16.3. The Labute approximate surface area is 72.9 Å². The van der Waals surface area contributed by atoms with Gasteiger partial charge in [-0.3, -0.25) is 0 Å². The summed E-state index contributed by atoms with van der Waals surface area (Å²) in [7, 11) is 0. The topological polar surface area (TPSA) is 37.3 Å². The first kappa shape index (κ1) is 10.7. The standard InChI is InChI=1S/C9H12O.CH2O/c1-7(2)8-3-5-9(10)6-4-8;1-2/h3-7,10H,1-2H3;1H2. The lowest BCUT2D eigenvalue weighted by Crippen LogP contribution is -1.84. The van der Waals surface area contributed by atoms with Crippen LogP contribution in [-0.4, -0.2) is 11.9 Å². The van der Waals surface area contributed by atoms with Crippen LogP contribution in [0.25, 0.3) is 0 Å². The van der Waals surface area contributed by atoms with Crippen molar-refractivity contribution in [2.75, 3.05) is 0 Å². The molecule has 0 aromatic heterocycles. The van der Waals surface area contributed by atoms with Crippen LogP contribution in [0.1, 0.15) is 25.3 Å². The van der Waals surface area contributed by atoms with Crippen molar-refractivity contribution < 1.29 is 9.90 Å². The van der Waals surface area contributed by atoms with Crippen LogP contribution in [0.5, 0.6) is 5.75 Å². The maximum Gasteiger partial charge on any atom is 0.115 e. The predicted octanol–water partition coefficient (Wildman–Crippen LogP) is 2.33. The van der Waals surface area contributed by atoms with E-state index in [1.54, 1.807) is 12.1 Å². The predicted molar refractivity (Wildman–Crippen MR) is 49.3 cm³/mol. The van der Waals surface area contributed by atoms with E-state index in [9.17, 15) is 0 Å². The zero-order chi connectivity index (χ0) is 9.56. The third-order valence-corrected chi connectivity index (χ3v) is 1.56. The van der Waals surface area contributed by atoms with Gasteiger partial charge in [0.2, 0.25) is 0 Å². The van der Waals surface area contributed by atoms with Crippen LogP contribution in [0.2, 0.25) is 0 Å². The number of phenolic OH excluding ortho intramolecular Hbond substituents is 1. The summed E-state index contributed by atoms with van der Waals surface area (Å²) in [6, 6.07) is 7.32. The average Bonchev–Trinajstić information content (AvgIpc) is 2.09. The summed E-state index contributed by atoms with van der Waals surface area (Å²) in [6.45, 7) is 6.26. The third-order valence-electron chi connectivity index (χ3n) is 1.56. The summed E-state index contributed by atoms with van der Waals surface area (Å²) in [5.74, 6) is 0.880. The van der Waals surface area contributed by atoms with Crippen LogP contribution in [0.4, 0.5) is 0 Å². The van der Waals surface area contributed by atoms with Gasteiger partial charge in [0.25, 0.3) is 0 Å². The minimum absolute atomic E-state index is 0.337. The van der Waals surface area contributed by atoms with Gasteiger partial charge < -0.3 is 9.90 Å². The van der Waals surface area contributed by atoms with Gasteiger partial charge in [-0.15, -0.1) is 0 Å². The first-order valence-corrected chi connectivity index (χ1v) is 3.78. The molecule has 1 N–H and O–H groups in total. The number of benzene rings is 1. The number of hydrogen-bond acceptors (Lipinski definition) is 2. The van der Waals surface area contributed by atoms with Gasteiger partial charge in [0.1, 0.15) is 12.5 Å². The first-order chi connectivity index (χ1) is 5.70. The molecule has 0 saturated carbocycles. The highest BCUT2D eigenvalue weighted by Gasteiger charge is 1.96. The van der Waals surface area contributed by atoms with Gasteiger partial charge in [0.15, 0.2) is 0 Å². The van der Waals surface area contributed by atoms with Gasteiger partial charge in [-0.05, 0) is 23.6 Å². The lowest BCUT2D eigenvalue weighted by molar-refractivity contribution is -0.0979. The smallest absolute Gasteiger partial charge is 0.115 e. The van der Waals surface area contributed by atoms with Crippen LogP contribution in [0.15, 0.2) is 24.3 Å². The van der Waals surface area contributed by atoms with Gasteiger partial charge in [-0.2, -0.15) is 0 Å². The molecule has 0 saturated heterocycles. The molecule has 0 radical (unpaired) electrons. The molecule has 0 aliphatic heterocycles. The highest BCUT2D eigenvalue weighted by Crippen LogP contribution is 2.16. The second kappa shape index (κ2) is 5.35. The molecule has 0 spiro atoms. The van der Waals surface area contributed by atoms with E-state index in [1.165, 1.54) is 5.56 Å². The van der Waals surface area contributed by atoms with Gasteiger partial charge in [0.05, 0.1) is 0 Å². The minimum Gasteiger partial charge on any atom is -0.508 e. The van der Waals surface area contributed by atoms with Crippen LogP contribution in [-0.2, 0) is 4.79 Å². The van der Waals surface area contributed by atoms with E-state index in [2.05, 4.69) is 13.8 Å². The van der Waals surface area contributed by atoms with Crippen molar-refractivity contribution in [2.45, 2.75) is 19.8 Å². The Morgan fingerprint density at radius 1 is 1.17 bits per heavy atom. The van der Waals surface area contributed by atoms with Crippen molar-refractivity contribution in [3.05, 3.63) is 29.8 Å². The summed E-state index contributed by atoms with van der Waals surface area (Å²) in [6.07, 6.45) is 0. The second-order valence-electron chi connectivity index (χ2n) is 2.75. The maximum absolute atomic E-state index is 8.94. The third kappa shape index (κ3) is 3.19. The summed E-state index contributed by atoms with van der Waals surface area (Å²) in [5, 5.41) is 8.94. The molecule has 0 atom stereocenters. The maximum atomic E-state index is 8.94. The number of rotatable bonds is 1. The van der Waals surface area contributed by atoms with Gasteiger partial charge in [0, 0.05) is 0 Å². The van der Waals surface area contributed by atoms with Crippen LogP contribution in [0.3, 0.4) is 0 Å². The Hall–Kier alpha value is -1.31. The van der Waals surface area contributed by atoms with E-state index < -0.39 is 0 Å². The Balaban J connectivity index is 0.000000561. The Morgan fingerprint density at radius 2 is 1.58 bits per heavy atom. The SMILES string of the molecule is C=O.CC(C)c1ccc(O)cc1. The van der Waals surface area contributed by atoms with Crippen molar-refractivity contribution in [2.24, 2.45) is 0 Å². The number of hydrogen-bond donors (Lipinski definition) is 1. The minimum atomic E-state index is 0.337. The molecule has 66 valence electrons. The molecule has 0 unspecified atom stereocenters. The van der Waals surface area contributed by atoms with Crippen molar-refractivity contribution in [1.29, 1.82) is 0 Å². The fourth-order valence-electron chi connectivity index (χ4n) is 0.859. The largest absolute Gasteiger partial charge is 0.508 e. The molecule has 2 nitrogen and oxygen atoms in total. The Kier molecular flexibility index (Phi) is 4.77. The van der Waals surface area contributed by atoms with E-state index >= 15 is 0 Å². The molecule has 2 heteroatoms. The summed E-state index contributed by atoms with van der Waals surface area (Å²) in [5.41, 5.74) is 1.26. The molecule has 0 bridgehead atoms. The van der Waals surface area contributed by atoms with Crippen molar-refractivity contribution >= 4 is 6.79 Å². The molecule has 0 heterocycles. The monoisotopic (exact) mass is 166 g/mol. The van der Waals surface area contributed by atoms with Crippen molar-refractivity contribution in [1.82, 2.24) is 0 Å². The molecule has 12 heavy (non-hydrogen) atoms. The van der Waals surface area contributed by atoms with Gasteiger partial charge in [-0.1, -0.05) is 26.0 Å². The average molecular weight is 166 g/mol. The lowest BCUT2D eigenvalue weighted by Gasteiger charge is -2.03. The molecule has 1 aromatic carbocycles. The summed E-state index contributed by atoms with van der Waals surface area (Å²) < 4.78 is 0. The van der Waals surface area contributed by atoms with E-state index in [0.29, 0.717) is 11.7 Å². The van der Waals surface area contributed by atoms with E-state index in [-0.39, 0.29) is 0 Å². The fraction of sp³-hybridized carbons (Fsp3) is 0.300. The second-order valence-corrected chi connectivity index (χ2v) is 2.75. The lowest BCUT2D eigenvalue weighted by atomic mass is 10.0. The van der Waals surface area contributed by atoms with Crippen molar-refractivity contribution in [3.63, 3.8) is 0 Å². The van der Waals surface area contributed by atoms with E-state index in [0.717, 1.165) is 0 Å². The zero-order valence-corrected chi connectivity index (χ0v) is 7.45. The number of phenols is 1. The summed E-state index contributed by atoms with van der Waals surface area (Å²) >= 11 is 0. The molecular formula is C10H14O2. The van der Waals surface area contributed by atoms with Crippen LogP contribution in [0, 0.1) is 0 Å². The van der Waals surface area contributed by atoms with Gasteiger partial charge in [-0.25, -0.2) is 0 Å². The fourth-order valence-corrected chi connectivity index (χ4v) is 0.859. The highest BCUT2D eigenvalue weighted by molar-refractivity contribution is 5.27. The van der Waals surface area contributed by atoms with Crippen molar-refractivity contribution in [3.8, 4) is 5.75 Å². The number of carbonyl (C=O) groups is 1. The first-order valence-electron chi connectivity index (χ1n) is 3.78. The van der Waals surface area contributed by atoms with E-state index in [4.69, 9.17) is 9.90 Å².